The number of fused-ring (bicyclic) bond motifs is 1. The maximum Gasteiger partial charge on any atom is 0.114 e. The number of aryl methyl sites for hydroxylation is 1. The van der Waals surface area contributed by atoms with E-state index in [-0.39, 0.29) is 0 Å². The van der Waals surface area contributed by atoms with Crippen LogP contribution in [0.4, 0.5) is 0 Å². The van der Waals surface area contributed by atoms with Crippen LogP contribution in [-0.4, -0.2) is 15.1 Å². The molecule has 0 fully saturated rings. The maximum absolute atomic E-state index is 4.30. The number of hydrogen-bond donors (Lipinski definition) is 1. The molecule has 0 saturated carbocycles. The Labute approximate surface area is 76.7 Å². The molecule has 2 rings (SSSR count). The van der Waals surface area contributed by atoms with E-state index in [9.17, 15) is 0 Å². The lowest BCUT2D eigenvalue weighted by Gasteiger charge is -1.96. The van der Waals surface area contributed by atoms with Gasteiger partial charge in [0.2, 0.25) is 0 Å². The molecule has 2 heterocycles. The van der Waals surface area contributed by atoms with Crippen LogP contribution >= 0.6 is 12.6 Å². The van der Waals surface area contributed by atoms with E-state index in [2.05, 4.69) is 28.1 Å². The molecule has 0 radical (unpaired) electrons. The lowest BCUT2D eigenvalue weighted by Crippen LogP contribution is -1.94. The number of thiol groups is 1. The summed E-state index contributed by atoms with van der Waals surface area (Å²) in [4.78, 5) is 4.30. The van der Waals surface area contributed by atoms with E-state index in [4.69, 9.17) is 0 Å². The summed E-state index contributed by atoms with van der Waals surface area (Å²) >= 11 is 4.18. The first-order chi connectivity index (χ1) is 5.92. The number of rotatable bonds is 2. The molecule has 2 aromatic heterocycles. The molecule has 0 bridgehead atoms. The zero-order valence-electron chi connectivity index (χ0n) is 6.64. The van der Waals surface area contributed by atoms with Gasteiger partial charge in [-0.2, -0.15) is 12.6 Å². The first-order valence-electron chi connectivity index (χ1n) is 3.93. The minimum atomic E-state index is 0.841. The quantitative estimate of drug-likeness (QED) is 0.694. The molecular formula is C9H10N2S. The van der Waals surface area contributed by atoms with E-state index in [1.807, 2.05) is 24.5 Å². The molecule has 0 atom stereocenters. The molecule has 0 amide bonds. The van der Waals surface area contributed by atoms with Gasteiger partial charge in [0.15, 0.2) is 0 Å². The highest BCUT2D eigenvalue weighted by Gasteiger charge is 1.99. The third kappa shape index (κ3) is 1.20. The number of imidazole rings is 1. The van der Waals surface area contributed by atoms with E-state index in [1.54, 1.807) is 0 Å². The molecule has 3 heteroatoms. The van der Waals surface area contributed by atoms with Gasteiger partial charge in [-0.3, -0.25) is 0 Å². The Kier molecular flexibility index (Phi) is 2.04. The number of pyridine rings is 1. The van der Waals surface area contributed by atoms with Gasteiger partial charge in [0.25, 0.3) is 0 Å². The van der Waals surface area contributed by atoms with Crippen LogP contribution in [0, 0.1) is 0 Å². The second-order valence-corrected chi connectivity index (χ2v) is 3.09. The van der Waals surface area contributed by atoms with Crippen molar-refractivity contribution in [3.8, 4) is 0 Å². The van der Waals surface area contributed by atoms with E-state index < -0.39 is 0 Å². The second-order valence-electron chi connectivity index (χ2n) is 2.64. The first-order valence-corrected chi connectivity index (χ1v) is 4.57. The fourth-order valence-electron chi connectivity index (χ4n) is 1.28. The summed E-state index contributed by atoms with van der Waals surface area (Å²) in [6.45, 7) is 0. The fourth-order valence-corrected chi connectivity index (χ4v) is 1.48. The standard InChI is InChI=1S/C9H10N2S/c12-6-4-9-10-7-8-3-1-2-5-11(8)9/h1-3,5,7,12H,4,6H2. The molecule has 12 heavy (non-hydrogen) atoms. The van der Waals surface area contributed by atoms with Crippen molar-refractivity contribution in [2.45, 2.75) is 6.42 Å². The smallest absolute Gasteiger partial charge is 0.114 e. The predicted octanol–water partition coefficient (Wildman–Crippen LogP) is 1.81. The Bertz CT molecular complexity index is 381. The summed E-state index contributed by atoms with van der Waals surface area (Å²) in [5.41, 5.74) is 1.15. The minimum absolute atomic E-state index is 0.841. The van der Waals surface area contributed by atoms with Crippen LogP contribution < -0.4 is 0 Å². The fraction of sp³-hybridized carbons (Fsp3) is 0.222. The zero-order valence-corrected chi connectivity index (χ0v) is 7.54. The lowest BCUT2D eigenvalue weighted by molar-refractivity contribution is 0.943. The molecule has 2 nitrogen and oxygen atoms in total. The molecule has 0 aliphatic heterocycles. The Morgan fingerprint density at radius 2 is 2.33 bits per heavy atom. The molecule has 0 saturated heterocycles. The highest BCUT2D eigenvalue weighted by atomic mass is 32.1. The predicted molar refractivity (Wildman–Crippen MR) is 52.7 cm³/mol. The summed E-state index contributed by atoms with van der Waals surface area (Å²) in [6.07, 6.45) is 4.83. The molecule has 0 aromatic carbocycles. The minimum Gasteiger partial charge on any atom is -0.304 e. The Balaban J connectivity index is 2.55. The monoisotopic (exact) mass is 178 g/mol. The molecule has 0 aliphatic carbocycles. The van der Waals surface area contributed by atoms with Crippen molar-refractivity contribution >= 4 is 18.1 Å². The molecule has 0 spiro atoms. The SMILES string of the molecule is SCCc1ncc2ccccn12. The largest absolute Gasteiger partial charge is 0.304 e. The number of hydrogen-bond acceptors (Lipinski definition) is 2. The van der Waals surface area contributed by atoms with Gasteiger partial charge in [-0.15, -0.1) is 0 Å². The Morgan fingerprint density at radius 3 is 3.17 bits per heavy atom. The van der Waals surface area contributed by atoms with E-state index in [0.29, 0.717) is 0 Å². The lowest BCUT2D eigenvalue weighted by atomic mass is 10.4. The Morgan fingerprint density at radius 1 is 1.42 bits per heavy atom. The van der Waals surface area contributed by atoms with Crippen LogP contribution in [0.5, 0.6) is 0 Å². The van der Waals surface area contributed by atoms with Gasteiger partial charge < -0.3 is 4.40 Å². The normalized spacial score (nSPS) is 10.8. The third-order valence-electron chi connectivity index (χ3n) is 1.85. The average Bonchev–Trinajstić information content (AvgIpc) is 2.50. The van der Waals surface area contributed by atoms with Crippen molar-refractivity contribution in [2.75, 3.05) is 5.75 Å². The summed E-state index contributed by atoms with van der Waals surface area (Å²) in [6, 6.07) is 6.08. The summed E-state index contributed by atoms with van der Waals surface area (Å²) in [5.74, 6) is 1.93. The first kappa shape index (κ1) is 7.68. The molecule has 62 valence electrons. The van der Waals surface area contributed by atoms with Crippen LogP contribution in [0.25, 0.3) is 5.52 Å². The van der Waals surface area contributed by atoms with Crippen LogP contribution in [0.2, 0.25) is 0 Å². The summed E-state index contributed by atoms with van der Waals surface area (Å²) in [5, 5.41) is 0. The molecule has 0 unspecified atom stereocenters. The summed E-state index contributed by atoms with van der Waals surface area (Å²) in [7, 11) is 0. The highest BCUT2D eigenvalue weighted by Crippen LogP contribution is 2.06. The molecule has 0 aliphatic rings. The van der Waals surface area contributed by atoms with Crippen molar-refractivity contribution in [3.63, 3.8) is 0 Å². The maximum atomic E-state index is 4.30. The van der Waals surface area contributed by atoms with Crippen LogP contribution in [0.1, 0.15) is 5.82 Å². The van der Waals surface area contributed by atoms with Crippen molar-refractivity contribution in [1.82, 2.24) is 9.38 Å². The van der Waals surface area contributed by atoms with Crippen LogP contribution in [0.15, 0.2) is 30.6 Å². The van der Waals surface area contributed by atoms with Gasteiger partial charge in [0.1, 0.15) is 5.82 Å². The topological polar surface area (TPSA) is 17.3 Å². The van der Waals surface area contributed by atoms with Gasteiger partial charge in [-0.1, -0.05) is 6.07 Å². The van der Waals surface area contributed by atoms with Gasteiger partial charge in [-0.25, -0.2) is 4.98 Å². The van der Waals surface area contributed by atoms with Crippen LogP contribution in [0.3, 0.4) is 0 Å². The average molecular weight is 178 g/mol. The highest BCUT2D eigenvalue weighted by molar-refractivity contribution is 7.80. The summed E-state index contributed by atoms with van der Waals surface area (Å²) < 4.78 is 2.09. The van der Waals surface area contributed by atoms with E-state index >= 15 is 0 Å². The Hall–Kier alpha value is -0.960. The number of nitrogens with zero attached hydrogens (tertiary/aromatic N) is 2. The van der Waals surface area contributed by atoms with E-state index in [1.165, 1.54) is 0 Å². The van der Waals surface area contributed by atoms with Gasteiger partial charge in [0, 0.05) is 12.6 Å². The second kappa shape index (κ2) is 3.19. The van der Waals surface area contributed by atoms with Gasteiger partial charge in [0.05, 0.1) is 11.7 Å². The van der Waals surface area contributed by atoms with Crippen LogP contribution in [-0.2, 0) is 6.42 Å². The van der Waals surface area contributed by atoms with Gasteiger partial charge >= 0.3 is 0 Å². The number of aromatic nitrogens is 2. The molecule has 2 aromatic rings. The van der Waals surface area contributed by atoms with Crippen molar-refractivity contribution < 1.29 is 0 Å². The molecular weight excluding hydrogens is 168 g/mol. The molecule has 0 N–H and O–H groups in total. The van der Waals surface area contributed by atoms with E-state index in [0.717, 1.165) is 23.5 Å². The van der Waals surface area contributed by atoms with Crippen molar-refractivity contribution in [3.05, 3.63) is 36.4 Å². The third-order valence-corrected chi connectivity index (χ3v) is 2.07. The zero-order chi connectivity index (χ0) is 8.39. The van der Waals surface area contributed by atoms with Crippen molar-refractivity contribution in [1.29, 1.82) is 0 Å². The van der Waals surface area contributed by atoms with Crippen molar-refractivity contribution in [2.24, 2.45) is 0 Å². The van der Waals surface area contributed by atoms with Gasteiger partial charge in [-0.05, 0) is 17.9 Å².